The Morgan fingerprint density at radius 3 is 2.18 bits per heavy atom. The quantitative estimate of drug-likeness (QED) is 0.764. The molecule has 17 heavy (non-hydrogen) atoms. The molecule has 1 atom stereocenters. The average Bonchev–Trinajstić information content (AvgIpc) is 2.82. The first-order chi connectivity index (χ1) is 8.03. The normalized spacial score (nSPS) is 27.1. The van der Waals surface area contributed by atoms with Crippen molar-refractivity contribution in [3.05, 3.63) is 0 Å². The number of nitrogens with zero attached hydrogens (tertiary/aromatic N) is 2. The second-order valence-corrected chi connectivity index (χ2v) is 6.48. The van der Waals surface area contributed by atoms with Crippen molar-refractivity contribution in [2.75, 3.05) is 26.2 Å². The van der Waals surface area contributed by atoms with Crippen LogP contribution in [0.5, 0.6) is 0 Å². The molecule has 0 aliphatic carbocycles. The fourth-order valence-corrected chi connectivity index (χ4v) is 3.14. The molecule has 1 unspecified atom stereocenters. The van der Waals surface area contributed by atoms with Gasteiger partial charge in [-0.15, -0.1) is 0 Å². The van der Waals surface area contributed by atoms with Gasteiger partial charge in [-0.1, -0.05) is 6.92 Å². The summed E-state index contributed by atoms with van der Waals surface area (Å²) in [5, 5.41) is 0.307. The molecule has 4 heteroatoms. The number of hydrogen-bond donors (Lipinski definition) is 1. The number of piperidine rings is 1. The molecular formula is C13H24N2OS. The van der Waals surface area contributed by atoms with Crippen LogP contribution in [0.1, 0.15) is 39.5 Å². The number of likely N-dealkylation sites (tertiary alicyclic amines) is 2. The lowest BCUT2D eigenvalue weighted by Gasteiger charge is -2.41. The smallest absolute Gasteiger partial charge is 0.228 e. The topological polar surface area (TPSA) is 23.6 Å². The standard InChI is InChI=1S/C13H24N2OS/c1-11(17)14-9-5-13(2,6-10-14)12(16)15-7-3-4-8-15/h11,17H,3-10H2,1-2H3. The van der Waals surface area contributed by atoms with Crippen molar-refractivity contribution >= 4 is 18.5 Å². The summed E-state index contributed by atoms with van der Waals surface area (Å²) in [5.41, 5.74) is -0.122. The summed E-state index contributed by atoms with van der Waals surface area (Å²) in [4.78, 5) is 16.9. The molecule has 0 spiro atoms. The Balaban J connectivity index is 1.94. The Morgan fingerprint density at radius 1 is 1.18 bits per heavy atom. The molecule has 2 rings (SSSR count). The molecule has 0 aromatic carbocycles. The molecule has 0 aromatic heterocycles. The zero-order valence-corrected chi connectivity index (χ0v) is 11.9. The first-order valence-corrected chi connectivity index (χ1v) is 7.26. The number of amides is 1. The molecule has 2 saturated heterocycles. The maximum absolute atomic E-state index is 12.5. The zero-order chi connectivity index (χ0) is 12.5. The van der Waals surface area contributed by atoms with Gasteiger partial charge in [-0.2, -0.15) is 12.6 Å². The molecule has 2 heterocycles. The molecule has 0 aromatic rings. The lowest BCUT2D eigenvalue weighted by atomic mass is 9.79. The van der Waals surface area contributed by atoms with Gasteiger partial charge in [-0.3, -0.25) is 9.69 Å². The second-order valence-electron chi connectivity index (χ2n) is 5.73. The van der Waals surface area contributed by atoms with E-state index in [1.165, 1.54) is 12.8 Å². The minimum atomic E-state index is -0.122. The van der Waals surface area contributed by atoms with E-state index in [-0.39, 0.29) is 5.41 Å². The number of carbonyl (C=O) groups is 1. The van der Waals surface area contributed by atoms with Crippen LogP contribution >= 0.6 is 12.6 Å². The largest absolute Gasteiger partial charge is 0.342 e. The van der Waals surface area contributed by atoms with Crippen LogP contribution in [-0.2, 0) is 4.79 Å². The van der Waals surface area contributed by atoms with Crippen LogP contribution in [-0.4, -0.2) is 47.3 Å². The van der Waals surface area contributed by atoms with E-state index in [0.29, 0.717) is 11.3 Å². The van der Waals surface area contributed by atoms with Crippen molar-refractivity contribution in [3.8, 4) is 0 Å². The minimum absolute atomic E-state index is 0.122. The molecule has 1 amide bonds. The van der Waals surface area contributed by atoms with E-state index in [1.807, 2.05) is 0 Å². The highest BCUT2D eigenvalue weighted by atomic mass is 32.1. The Kier molecular flexibility index (Phi) is 4.03. The molecule has 3 nitrogen and oxygen atoms in total. The Morgan fingerprint density at radius 2 is 1.71 bits per heavy atom. The second kappa shape index (κ2) is 5.19. The Labute approximate surface area is 110 Å². The lowest BCUT2D eigenvalue weighted by Crippen LogP contribution is -2.49. The highest BCUT2D eigenvalue weighted by Gasteiger charge is 2.40. The first-order valence-electron chi connectivity index (χ1n) is 6.74. The van der Waals surface area contributed by atoms with Crippen molar-refractivity contribution in [2.45, 2.75) is 44.9 Å². The van der Waals surface area contributed by atoms with E-state index in [0.717, 1.165) is 39.0 Å². The van der Waals surface area contributed by atoms with E-state index in [2.05, 4.69) is 36.3 Å². The summed E-state index contributed by atoms with van der Waals surface area (Å²) in [6.45, 7) is 8.20. The van der Waals surface area contributed by atoms with E-state index in [4.69, 9.17) is 0 Å². The molecular weight excluding hydrogens is 232 g/mol. The third kappa shape index (κ3) is 2.79. The minimum Gasteiger partial charge on any atom is -0.342 e. The van der Waals surface area contributed by atoms with Gasteiger partial charge in [-0.25, -0.2) is 0 Å². The van der Waals surface area contributed by atoms with Crippen molar-refractivity contribution in [3.63, 3.8) is 0 Å². The summed E-state index contributed by atoms with van der Waals surface area (Å²) in [6, 6.07) is 0. The summed E-state index contributed by atoms with van der Waals surface area (Å²) >= 11 is 4.47. The summed E-state index contributed by atoms with van der Waals surface area (Å²) < 4.78 is 0. The van der Waals surface area contributed by atoms with Gasteiger partial charge in [-0.05, 0) is 32.6 Å². The third-order valence-electron chi connectivity index (χ3n) is 4.34. The van der Waals surface area contributed by atoms with Crippen molar-refractivity contribution in [2.24, 2.45) is 5.41 Å². The molecule has 0 N–H and O–H groups in total. The predicted octanol–water partition coefficient (Wildman–Crippen LogP) is 1.99. The first kappa shape index (κ1) is 13.2. The van der Waals surface area contributed by atoms with E-state index >= 15 is 0 Å². The van der Waals surface area contributed by atoms with Gasteiger partial charge in [0.2, 0.25) is 5.91 Å². The van der Waals surface area contributed by atoms with Crippen LogP contribution in [0.25, 0.3) is 0 Å². The number of hydrogen-bond acceptors (Lipinski definition) is 3. The van der Waals surface area contributed by atoms with Gasteiger partial charge < -0.3 is 4.90 Å². The highest BCUT2D eigenvalue weighted by molar-refractivity contribution is 7.80. The maximum Gasteiger partial charge on any atom is 0.228 e. The van der Waals surface area contributed by atoms with E-state index in [9.17, 15) is 4.79 Å². The van der Waals surface area contributed by atoms with Crippen molar-refractivity contribution in [1.29, 1.82) is 0 Å². The monoisotopic (exact) mass is 256 g/mol. The molecule has 0 bridgehead atoms. The third-order valence-corrected chi connectivity index (χ3v) is 4.67. The zero-order valence-electron chi connectivity index (χ0n) is 11.0. The molecule has 0 radical (unpaired) electrons. The van der Waals surface area contributed by atoms with Crippen molar-refractivity contribution in [1.82, 2.24) is 9.80 Å². The highest BCUT2D eigenvalue weighted by Crippen LogP contribution is 2.34. The molecule has 2 fully saturated rings. The summed E-state index contributed by atoms with van der Waals surface area (Å²) in [5.74, 6) is 0.390. The number of carbonyl (C=O) groups excluding carboxylic acids is 1. The number of rotatable bonds is 2. The van der Waals surface area contributed by atoms with Crippen LogP contribution in [0.3, 0.4) is 0 Å². The van der Waals surface area contributed by atoms with E-state index < -0.39 is 0 Å². The maximum atomic E-state index is 12.5. The van der Waals surface area contributed by atoms with Crippen molar-refractivity contribution < 1.29 is 4.79 Å². The fraction of sp³-hybridized carbons (Fsp3) is 0.923. The average molecular weight is 256 g/mol. The van der Waals surface area contributed by atoms with Gasteiger partial charge in [0.05, 0.1) is 0 Å². The predicted molar refractivity (Wildman–Crippen MR) is 73.2 cm³/mol. The number of thiol groups is 1. The molecule has 98 valence electrons. The lowest BCUT2D eigenvalue weighted by molar-refractivity contribution is -0.142. The Hall–Kier alpha value is -0.220. The van der Waals surface area contributed by atoms with Crippen LogP contribution in [0, 0.1) is 5.41 Å². The van der Waals surface area contributed by atoms with Crippen LogP contribution in [0.2, 0.25) is 0 Å². The fourth-order valence-electron chi connectivity index (χ4n) is 2.91. The van der Waals surface area contributed by atoms with Crippen LogP contribution < -0.4 is 0 Å². The van der Waals surface area contributed by atoms with Crippen LogP contribution in [0.4, 0.5) is 0 Å². The molecule has 2 aliphatic rings. The van der Waals surface area contributed by atoms with Gasteiger partial charge >= 0.3 is 0 Å². The molecule has 0 saturated carbocycles. The van der Waals surface area contributed by atoms with Gasteiger partial charge in [0, 0.05) is 37.0 Å². The Bertz CT molecular complexity index is 279. The van der Waals surface area contributed by atoms with Crippen LogP contribution in [0.15, 0.2) is 0 Å². The SMILES string of the molecule is CC(S)N1CCC(C)(C(=O)N2CCCC2)CC1. The summed E-state index contributed by atoms with van der Waals surface area (Å²) in [7, 11) is 0. The molecule has 2 aliphatic heterocycles. The van der Waals surface area contributed by atoms with Gasteiger partial charge in [0.25, 0.3) is 0 Å². The van der Waals surface area contributed by atoms with E-state index in [1.54, 1.807) is 0 Å². The van der Waals surface area contributed by atoms with Gasteiger partial charge in [0.15, 0.2) is 0 Å². The van der Waals surface area contributed by atoms with Gasteiger partial charge in [0.1, 0.15) is 0 Å². The summed E-state index contributed by atoms with van der Waals surface area (Å²) in [6.07, 6.45) is 4.32.